The first-order valence-corrected chi connectivity index (χ1v) is 12.7. The molecule has 2 atom stereocenters. The van der Waals surface area contributed by atoms with E-state index in [-0.39, 0.29) is 17.9 Å². The van der Waals surface area contributed by atoms with Crippen LogP contribution in [0.3, 0.4) is 0 Å². The second-order valence-electron chi connectivity index (χ2n) is 9.26. The third-order valence-corrected chi connectivity index (χ3v) is 7.41. The van der Waals surface area contributed by atoms with Crippen molar-refractivity contribution in [3.63, 3.8) is 0 Å². The van der Waals surface area contributed by atoms with Gasteiger partial charge in [0.05, 0.1) is 31.0 Å². The Kier molecular flexibility index (Phi) is 7.13. The second-order valence-corrected chi connectivity index (χ2v) is 9.65. The average molecular weight is 494 g/mol. The van der Waals surface area contributed by atoms with Gasteiger partial charge >= 0.3 is 0 Å². The fourth-order valence-electron chi connectivity index (χ4n) is 5.30. The molecule has 1 N–H and O–H groups in total. The maximum atomic E-state index is 13.7. The number of ether oxygens (including phenoxy) is 1. The molecule has 8 heteroatoms. The molecule has 1 aromatic carbocycles. The zero-order chi connectivity index (χ0) is 24.4. The normalized spacial score (nSPS) is 20.9. The van der Waals surface area contributed by atoms with Gasteiger partial charge in [-0.05, 0) is 80.5 Å². The Labute approximate surface area is 211 Å². The third-order valence-electron chi connectivity index (χ3n) is 7.09. The molecule has 3 aromatic rings. The minimum Gasteiger partial charge on any atom is -0.379 e. The number of anilines is 1. The summed E-state index contributed by atoms with van der Waals surface area (Å²) in [5, 5.41) is 4.12. The van der Waals surface area contributed by atoms with Crippen molar-refractivity contribution >= 4 is 23.0 Å². The van der Waals surface area contributed by atoms with E-state index in [1.54, 1.807) is 12.1 Å². The highest BCUT2D eigenvalue weighted by molar-refractivity contribution is 7.80. The Bertz CT molecular complexity index is 1160. The highest BCUT2D eigenvalue weighted by Gasteiger charge is 2.42. The van der Waals surface area contributed by atoms with Crippen molar-refractivity contribution in [2.24, 2.45) is 0 Å². The number of hydrogen-bond donors (Lipinski definition) is 1. The van der Waals surface area contributed by atoms with Crippen LogP contribution in [0.2, 0.25) is 0 Å². The summed E-state index contributed by atoms with van der Waals surface area (Å²) >= 11 is 5.81. The van der Waals surface area contributed by atoms with Crippen molar-refractivity contribution in [1.29, 1.82) is 0 Å². The molecule has 0 bridgehead atoms. The van der Waals surface area contributed by atoms with Gasteiger partial charge in [-0.15, -0.1) is 0 Å². The number of thiocarbonyl (C=S) groups is 1. The average Bonchev–Trinajstić information content (AvgIpc) is 3.36. The number of aryl methyl sites for hydroxylation is 1. The Morgan fingerprint density at radius 3 is 2.57 bits per heavy atom. The van der Waals surface area contributed by atoms with Gasteiger partial charge in [-0.25, -0.2) is 4.39 Å². The number of morpholine rings is 1. The smallest absolute Gasteiger partial charge is 0.174 e. The van der Waals surface area contributed by atoms with Gasteiger partial charge < -0.3 is 19.5 Å². The van der Waals surface area contributed by atoms with E-state index in [0.717, 1.165) is 57.2 Å². The lowest BCUT2D eigenvalue weighted by Crippen LogP contribution is -2.37. The highest BCUT2D eigenvalue weighted by atomic mass is 32.1. The maximum absolute atomic E-state index is 13.7. The van der Waals surface area contributed by atoms with Crippen LogP contribution >= 0.6 is 12.2 Å². The van der Waals surface area contributed by atoms with Gasteiger partial charge in [0.15, 0.2) is 5.11 Å². The van der Waals surface area contributed by atoms with Crippen LogP contribution in [0.4, 0.5) is 10.1 Å². The fourth-order valence-corrected chi connectivity index (χ4v) is 5.65. The summed E-state index contributed by atoms with van der Waals surface area (Å²) in [6.45, 7) is 10.1. The molecule has 2 fully saturated rings. The number of rotatable bonds is 7. The molecule has 0 unspecified atom stereocenters. The van der Waals surface area contributed by atoms with Crippen molar-refractivity contribution in [3.8, 4) is 0 Å². The quantitative estimate of drug-likeness (QED) is 0.488. The molecule has 4 heterocycles. The van der Waals surface area contributed by atoms with Crippen LogP contribution in [0, 0.1) is 19.7 Å². The lowest BCUT2D eigenvalue weighted by atomic mass is 9.96. The van der Waals surface area contributed by atoms with Crippen molar-refractivity contribution in [1.82, 2.24) is 19.8 Å². The van der Waals surface area contributed by atoms with E-state index in [1.165, 1.54) is 29.1 Å². The van der Waals surface area contributed by atoms with Crippen LogP contribution in [-0.2, 0) is 11.3 Å². The number of pyridine rings is 1. The predicted octanol–water partition coefficient (Wildman–Crippen LogP) is 4.54. The summed E-state index contributed by atoms with van der Waals surface area (Å²) in [6, 6.07) is 14.6. The molecular formula is C27H32FN5OS. The first-order valence-electron chi connectivity index (χ1n) is 12.3. The van der Waals surface area contributed by atoms with Crippen LogP contribution in [0.25, 0.3) is 0 Å². The van der Waals surface area contributed by atoms with E-state index in [1.807, 2.05) is 24.4 Å². The molecule has 35 heavy (non-hydrogen) atoms. The predicted molar refractivity (Wildman–Crippen MR) is 140 cm³/mol. The molecule has 2 aromatic heterocycles. The molecule has 0 spiro atoms. The van der Waals surface area contributed by atoms with E-state index < -0.39 is 0 Å². The molecule has 2 aliphatic heterocycles. The van der Waals surface area contributed by atoms with E-state index in [9.17, 15) is 4.39 Å². The monoisotopic (exact) mass is 493 g/mol. The minimum absolute atomic E-state index is 0.0953. The van der Waals surface area contributed by atoms with Crippen molar-refractivity contribution in [2.45, 2.75) is 38.9 Å². The zero-order valence-electron chi connectivity index (χ0n) is 20.3. The lowest BCUT2D eigenvalue weighted by molar-refractivity contribution is 0.0369. The van der Waals surface area contributed by atoms with E-state index in [4.69, 9.17) is 17.0 Å². The standard InChI is InChI=1S/C27H32FN5OS/c1-19-18-23(20(2)32(19)13-5-12-31-14-16-34-17-15-31)26-25(24-6-3-4-11-29-24)30-27(35)33(26)22-9-7-21(28)8-10-22/h3-4,6-11,18,25-26H,5,12-17H2,1-2H3,(H,30,35)/t25-,26-/m0/s1. The van der Waals surface area contributed by atoms with Gasteiger partial charge in [0.1, 0.15) is 5.82 Å². The molecule has 0 aliphatic carbocycles. The fraction of sp³-hybridized carbons (Fsp3) is 0.407. The number of aromatic nitrogens is 2. The first-order chi connectivity index (χ1) is 17.0. The first kappa shape index (κ1) is 23.9. The van der Waals surface area contributed by atoms with Crippen LogP contribution in [0.1, 0.15) is 41.1 Å². The van der Waals surface area contributed by atoms with Gasteiger partial charge in [0.2, 0.25) is 0 Å². The maximum Gasteiger partial charge on any atom is 0.174 e. The SMILES string of the molecule is Cc1cc([C@H]2[C@H](c3ccccn3)NC(=S)N2c2ccc(F)cc2)c(C)n1CCCN1CCOCC1. The number of benzene rings is 1. The number of nitrogens with zero attached hydrogens (tertiary/aromatic N) is 4. The zero-order valence-corrected chi connectivity index (χ0v) is 21.1. The Morgan fingerprint density at radius 1 is 1.09 bits per heavy atom. The summed E-state index contributed by atoms with van der Waals surface area (Å²) in [5.74, 6) is -0.261. The Balaban J connectivity index is 1.46. The van der Waals surface area contributed by atoms with Crippen LogP contribution in [-0.4, -0.2) is 52.4 Å². The molecule has 0 saturated carbocycles. The van der Waals surface area contributed by atoms with Crippen LogP contribution in [0.5, 0.6) is 0 Å². The van der Waals surface area contributed by atoms with Gasteiger partial charge in [-0.2, -0.15) is 0 Å². The van der Waals surface area contributed by atoms with Gasteiger partial charge in [-0.1, -0.05) is 6.07 Å². The highest BCUT2D eigenvalue weighted by Crippen LogP contribution is 2.43. The second kappa shape index (κ2) is 10.4. The van der Waals surface area contributed by atoms with Crippen molar-refractivity contribution in [3.05, 3.63) is 83.2 Å². The molecule has 0 amide bonds. The number of nitrogens with one attached hydrogen (secondary N) is 1. The Morgan fingerprint density at radius 2 is 1.86 bits per heavy atom. The molecular weight excluding hydrogens is 461 g/mol. The topological polar surface area (TPSA) is 45.6 Å². The molecule has 2 aliphatic rings. The summed E-state index contributed by atoms with van der Waals surface area (Å²) in [5.41, 5.74) is 5.47. The molecule has 6 nitrogen and oxygen atoms in total. The van der Waals surface area contributed by atoms with Crippen molar-refractivity contribution < 1.29 is 9.13 Å². The Hall–Kier alpha value is -2.81. The van der Waals surface area contributed by atoms with Crippen molar-refractivity contribution in [2.75, 3.05) is 37.7 Å². The summed E-state index contributed by atoms with van der Waals surface area (Å²) in [4.78, 5) is 9.22. The number of halogens is 1. The van der Waals surface area contributed by atoms with E-state index >= 15 is 0 Å². The lowest BCUT2D eigenvalue weighted by Gasteiger charge is -2.28. The molecule has 2 saturated heterocycles. The summed E-state index contributed by atoms with van der Waals surface area (Å²) in [7, 11) is 0. The largest absolute Gasteiger partial charge is 0.379 e. The van der Waals surface area contributed by atoms with Crippen LogP contribution < -0.4 is 10.2 Å². The van der Waals surface area contributed by atoms with E-state index in [0.29, 0.717) is 5.11 Å². The minimum atomic E-state index is -0.261. The summed E-state index contributed by atoms with van der Waals surface area (Å²) < 4.78 is 21.6. The van der Waals surface area contributed by atoms with E-state index in [2.05, 4.69) is 44.6 Å². The molecule has 5 rings (SSSR count). The van der Waals surface area contributed by atoms with Gasteiger partial charge in [-0.3, -0.25) is 9.88 Å². The van der Waals surface area contributed by atoms with Gasteiger partial charge in [0.25, 0.3) is 0 Å². The number of hydrogen-bond acceptors (Lipinski definition) is 4. The summed E-state index contributed by atoms with van der Waals surface area (Å²) in [6.07, 6.45) is 2.90. The molecule has 0 radical (unpaired) electrons. The van der Waals surface area contributed by atoms with Crippen LogP contribution in [0.15, 0.2) is 54.7 Å². The third kappa shape index (κ3) is 4.96. The molecule has 184 valence electrons. The van der Waals surface area contributed by atoms with Gasteiger partial charge in [0, 0.05) is 49.5 Å².